The molecule has 11 heteroatoms. The third kappa shape index (κ3) is 5.93. The maximum atomic E-state index is 13.9. The van der Waals surface area contributed by atoms with Crippen LogP contribution in [-0.2, 0) is 25.2 Å². The number of phenols is 1. The predicted molar refractivity (Wildman–Crippen MR) is 126 cm³/mol. The molecule has 0 radical (unpaired) electrons. The normalized spacial score (nSPS) is 15.7. The highest BCUT2D eigenvalue weighted by molar-refractivity contribution is 6.00. The summed E-state index contributed by atoms with van der Waals surface area (Å²) in [6.45, 7) is 2.52. The quantitative estimate of drug-likeness (QED) is 0.378. The first-order valence-electron chi connectivity index (χ1n) is 11.1. The van der Waals surface area contributed by atoms with Gasteiger partial charge < -0.3 is 25.2 Å². The van der Waals surface area contributed by atoms with Crippen LogP contribution in [0.5, 0.6) is 5.75 Å². The number of aromatic hydroxyl groups is 1. The van der Waals surface area contributed by atoms with Crippen molar-refractivity contribution in [2.75, 3.05) is 20.3 Å². The molecule has 1 unspecified atom stereocenters. The van der Waals surface area contributed by atoms with Crippen LogP contribution in [0.1, 0.15) is 41.3 Å². The van der Waals surface area contributed by atoms with Crippen LogP contribution in [0.4, 0.5) is 13.2 Å². The molecule has 1 aliphatic rings. The second-order valence-electron chi connectivity index (χ2n) is 8.12. The Morgan fingerprint density at radius 2 is 1.57 bits per heavy atom. The van der Waals surface area contributed by atoms with Crippen LogP contribution in [0.15, 0.2) is 71.1 Å². The summed E-state index contributed by atoms with van der Waals surface area (Å²) in [5, 5.41) is 15.1. The topological polar surface area (TPSA) is 114 Å². The van der Waals surface area contributed by atoms with Gasteiger partial charge in [-0.05, 0) is 37.6 Å². The van der Waals surface area contributed by atoms with Crippen molar-refractivity contribution < 1.29 is 42.1 Å². The number of carbonyl (C=O) groups excluding carboxylic acids is 3. The molecule has 0 aromatic heterocycles. The monoisotopic (exact) mass is 518 g/mol. The van der Waals surface area contributed by atoms with E-state index in [1.165, 1.54) is 44.2 Å². The highest BCUT2D eigenvalue weighted by Crippen LogP contribution is 2.44. The van der Waals surface area contributed by atoms with Crippen LogP contribution < -0.4 is 10.6 Å². The predicted octanol–water partition coefficient (Wildman–Crippen LogP) is 3.79. The molecule has 0 saturated carbocycles. The molecule has 1 heterocycles. The molecule has 0 aliphatic carbocycles. The number of hydrogen-bond acceptors (Lipinski definition) is 7. The molecule has 0 bridgehead atoms. The van der Waals surface area contributed by atoms with Crippen molar-refractivity contribution in [3.05, 3.63) is 87.8 Å². The van der Waals surface area contributed by atoms with Gasteiger partial charge in [-0.25, -0.2) is 9.59 Å². The van der Waals surface area contributed by atoms with Gasteiger partial charge in [0.1, 0.15) is 12.4 Å². The molecular weight excluding hydrogens is 493 g/mol. The number of ether oxygens (including phenoxy) is 2. The Labute approximate surface area is 210 Å². The van der Waals surface area contributed by atoms with Crippen molar-refractivity contribution in [1.82, 2.24) is 10.6 Å². The van der Waals surface area contributed by atoms with E-state index in [2.05, 4.69) is 10.6 Å². The Kier molecular flexibility index (Phi) is 8.26. The summed E-state index contributed by atoms with van der Waals surface area (Å²) in [5.41, 5.74) is -1.22. The van der Waals surface area contributed by atoms with Crippen LogP contribution in [0.2, 0.25) is 0 Å². The first kappa shape index (κ1) is 27.3. The molecule has 0 spiro atoms. The zero-order chi connectivity index (χ0) is 27.3. The van der Waals surface area contributed by atoms with Gasteiger partial charge in [0.25, 0.3) is 5.91 Å². The average Bonchev–Trinajstić information content (AvgIpc) is 2.85. The van der Waals surface area contributed by atoms with Crippen molar-refractivity contribution in [3.63, 3.8) is 0 Å². The second kappa shape index (κ2) is 11.2. The summed E-state index contributed by atoms with van der Waals surface area (Å²) in [4.78, 5) is 38.0. The maximum absolute atomic E-state index is 13.9. The van der Waals surface area contributed by atoms with Gasteiger partial charge in [-0.15, -0.1) is 0 Å². The minimum atomic E-state index is -4.76. The van der Waals surface area contributed by atoms with E-state index in [1.54, 1.807) is 12.1 Å². The maximum Gasteiger partial charge on any atom is 0.416 e. The van der Waals surface area contributed by atoms with E-state index >= 15 is 0 Å². The number of carbonyl (C=O) groups is 3. The first-order valence-corrected chi connectivity index (χ1v) is 11.1. The third-order valence-electron chi connectivity index (χ3n) is 5.73. The molecule has 3 N–H and O–H groups in total. The first-order chi connectivity index (χ1) is 17.5. The van der Waals surface area contributed by atoms with Crippen molar-refractivity contribution in [1.29, 1.82) is 0 Å². The van der Waals surface area contributed by atoms with E-state index < -0.39 is 35.5 Å². The lowest BCUT2D eigenvalue weighted by Gasteiger charge is -2.31. The lowest BCUT2D eigenvalue weighted by molar-refractivity contribution is -0.141. The van der Waals surface area contributed by atoms with E-state index in [1.807, 2.05) is 0 Å². The summed E-state index contributed by atoms with van der Waals surface area (Å²) >= 11 is 0. The molecule has 37 heavy (non-hydrogen) atoms. The Balaban J connectivity index is 1.88. The Hall–Kier alpha value is -4.28. The Morgan fingerprint density at radius 1 is 0.973 bits per heavy atom. The van der Waals surface area contributed by atoms with Gasteiger partial charge in [-0.3, -0.25) is 4.79 Å². The second-order valence-corrected chi connectivity index (χ2v) is 8.12. The number of para-hydroxylation sites is 1. The molecule has 0 fully saturated rings. The molecule has 0 saturated heterocycles. The lowest BCUT2D eigenvalue weighted by Crippen LogP contribution is -2.34. The SMILES string of the molecule is COC(=O)C1=C(C)NC(C)=C(C(=O)OCCNC(=O)c2ccccc2O)C1c1ccccc1C(F)(F)F. The zero-order valence-electron chi connectivity index (χ0n) is 20.2. The molecule has 1 aliphatic heterocycles. The van der Waals surface area contributed by atoms with Gasteiger partial charge in [0.15, 0.2) is 0 Å². The number of methoxy groups -OCH3 is 1. The number of allylic oxidation sites excluding steroid dienone is 2. The van der Waals surface area contributed by atoms with Gasteiger partial charge in [-0.2, -0.15) is 13.2 Å². The number of alkyl halides is 3. The fourth-order valence-electron chi connectivity index (χ4n) is 4.11. The third-order valence-corrected chi connectivity index (χ3v) is 5.73. The number of rotatable bonds is 7. The molecule has 1 atom stereocenters. The smallest absolute Gasteiger partial charge is 0.416 e. The summed E-state index contributed by atoms with van der Waals surface area (Å²) in [5.74, 6) is -4.13. The van der Waals surface area contributed by atoms with E-state index in [-0.39, 0.29) is 52.6 Å². The van der Waals surface area contributed by atoms with Gasteiger partial charge in [0.05, 0.1) is 41.8 Å². The van der Waals surface area contributed by atoms with Crippen molar-refractivity contribution in [2.45, 2.75) is 25.9 Å². The zero-order valence-corrected chi connectivity index (χ0v) is 20.2. The van der Waals surface area contributed by atoms with Crippen LogP contribution in [0.25, 0.3) is 0 Å². The highest BCUT2D eigenvalue weighted by atomic mass is 19.4. The largest absolute Gasteiger partial charge is 0.507 e. The minimum Gasteiger partial charge on any atom is -0.507 e. The van der Waals surface area contributed by atoms with Gasteiger partial charge >= 0.3 is 18.1 Å². The van der Waals surface area contributed by atoms with Crippen molar-refractivity contribution in [3.8, 4) is 5.75 Å². The Morgan fingerprint density at radius 3 is 2.19 bits per heavy atom. The summed E-state index contributed by atoms with van der Waals surface area (Å²) < 4.78 is 51.8. The molecular formula is C26H25F3N2O6. The van der Waals surface area contributed by atoms with E-state index in [4.69, 9.17) is 9.47 Å². The van der Waals surface area contributed by atoms with Crippen LogP contribution in [-0.4, -0.2) is 43.2 Å². The molecule has 2 aromatic carbocycles. The number of phenolic OH excluding ortho intramolecular Hbond substituents is 1. The van der Waals surface area contributed by atoms with Crippen molar-refractivity contribution >= 4 is 17.8 Å². The number of amides is 1. The van der Waals surface area contributed by atoms with E-state index in [0.717, 1.165) is 13.2 Å². The molecule has 3 rings (SSSR count). The van der Waals surface area contributed by atoms with Gasteiger partial charge in [0.2, 0.25) is 0 Å². The molecule has 2 aromatic rings. The van der Waals surface area contributed by atoms with Crippen LogP contribution >= 0.6 is 0 Å². The van der Waals surface area contributed by atoms with Gasteiger partial charge in [-0.1, -0.05) is 30.3 Å². The lowest BCUT2D eigenvalue weighted by atomic mass is 9.78. The molecule has 196 valence electrons. The van der Waals surface area contributed by atoms with Crippen LogP contribution in [0, 0.1) is 0 Å². The average molecular weight is 518 g/mol. The molecule has 8 nitrogen and oxygen atoms in total. The highest BCUT2D eigenvalue weighted by Gasteiger charge is 2.43. The number of esters is 2. The number of hydrogen-bond donors (Lipinski definition) is 3. The minimum absolute atomic E-state index is 0.0241. The number of halogens is 3. The molecule has 1 amide bonds. The fourth-order valence-corrected chi connectivity index (χ4v) is 4.11. The number of benzene rings is 2. The van der Waals surface area contributed by atoms with Crippen molar-refractivity contribution in [2.24, 2.45) is 0 Å². The number of nitrogens with one attached hydrogen (secondary N) is 2. The fraction of sp³-hybridized carbons (Fsp3) is 0.269. The summed E-state index contributed by atoms with van der Waals surface area (Å²) in [6.07, 6.45) is -4.76. The number of dihydropyridines is 1. The standard InChI is InChI=1S/C26H25F3N2O6/c1-14-20(24(34)36-3)22(16-8-4-6-10-18(16)26(27,28)29)21(15(2)31-14)25(35)37-13-12-30-23(33)17-9-5-7-11-19(17)32/h4-11,22,31-32H,12-13H2,1-3H3,(H,30,33). The summed E-state index contributed by atoms with van der Waals surface area (Å²) in [6, 6.07) is 10.5. The summed E-state index contributed by atoms with van der Waals surface area (Å²) in [7, 11) is 1.09. The Bertz CT molecular complexity index is 1280. The van der Waals surface area contributed by atoms with E-state index in [9.17, 15) is 32.7 Å². The van der Waals surface area contributed by atoms with Gasteiger partial charge in [0, 0.05) is 11.4 Å². The van der Waals surface area contributed by atoms with Crippen LogP contribution in [0.3, 0.4) is 0 Å². The van der Waals surface area contributed by atoms with E-state index in [0.29, 0.717) is 0 Å².